The Bertz CT molecular complexity index is 1210. The first-order chi connectivity index (χ1) is 15.7. The highest BCUT2D eigenvalue weighted by molar-refractivity contribution is 7.85. The number of nitrogens with zero attached hydrogens (tertiary/aromatic N) is 3. The van der Waals surface area contributed by atoms with Crippen LogP contribution in [-0.2, 0) is 10.1 Å². The van der Waals surface area contributed by atoms with Crippen molar-refractivity contribution in [1.82, 2.24) is 15.2 Å². The highest BCUT2D eigenvalue weighted by Crippen LogP contribution is 2.39. The lowest BCUT2D eigenvalue weighted by atomic mass is 9.83. The van der Waals surface area contributed by atoms with Crippen molar-refractivity contribution < 1.29 is 13.0 Å². The van der Waals surface area contributed by atoms with E-state index < -0.39 is 10.1 Å². The average molecular weight is 486 g/mol. The molecule has 0 atom stereocenters. The lowest BCUT2D eigenvalue weighted by molar-refractivity contribution is 0.483. The largest absolute Gasteiger partial charge is 0.382 e. The Balaban J connectivity index is 0.000000310. The quantitative estimate of drug-likeness (QED) is 0.412. The fraction of sp³-hybridized carbons (Fsp3) is 0.400. The molecule has 0 amide bonds. The number of nitrogens with two attached hydrogens (primary N) is 2. The summed E-state index contributed by atoms with van der Waals surface area (Å²) >= 11 is 0. The van der Waals surface area contributed by atoms with E-state index in [-0.39, 0.29) is 10.8 Å². The zero-order valence-corrected chi connectivity index (χ0v) is 21.7. The average Bonchev–Trinajstić information content (AvgIpc) is 2.73. The van der Waals surface area contributed by atoms with E-state index in [1.54, 1.807) is 12.1 Å². The summed E-state index contributed by atoms with van der Waals surface area (Å²) in [5.41, 5.74) is 18.1. The van der Waals surface area contributed by atoms with E-state index in [4.69, 9.17) is 16.0 Å². The maximum Gasteiger partial charge on any atom is 0.294 e. The van der Waals surface area contributed by atoms with Gasteiger partial charge in [0.2, 0.25) is 5.95 Å². The predicted octanol–water partition coefficient (Wildman–Crippen LogP) is 5.31. The summed E-state index contributed by atoms with van der Waals surface area (Å²) in [6.07, 6.45) is 0. The van der Waals surface area contributed by atoms with Gasteiger partial charge in [0, 0.05) is 5.56 Å². The standard InChI is InChI=1S/C18H27N5.C7H8O3S/c1-9(2)12-7-13(10(3)4)15(14(8-12)11(5)6)16-17(19)21-18(20)23-22-16;1-6-2-4-7(5-3-6)11(8,9)10/h7-11H,1-6H3,(H4,19,20,21,23);2-5H,1H3,(H,8,9,10). The van der Waals surface area contributed by atoms with Gasteiger partial charge in [-0.05, 0) is 53.5 Å². The second-order valence-electron chi connectivity index (χ2n) is 9.23. The Kier molecular flexibility index (Phi) is 8.74. The molecule has 0 radical (unpaired) electrons. The Morgan fingerprint density at radius 1 is 0.824 bits per heavy atom. The van der Waals surface area contributed by atoms with E-state index >= 15 is 0 Å². The van der Waals surface area contributed by atoms with E-state index in [0.29, 0.717) is 29.3 Å². The van der Waals surface area contributed by atoms with Gasteiger partial charge in [-0.1, -0.05) is 71.4 Å². The number of hydrogen-bond donors (Lipinski definition) is 3. The van der Waals surface area contributed by atoms with Crippen molar-refractivity contribution in [2.45, 2.75) is 71.1 Å². The first-order valence-electron chi connectivity index (χ1n) is 11.2. The second kappa shape index (κ2) is 10.9. The van der Waals surface area contributed by atoms with Gasteiger partial charge in [0.25, 0.3) is 10.1 Å². The summed E-state index contributed by atoms with van der Waals surface area (Å²) < 4.78 is 29.6. The van der Waals surface area contributed by atoms with Crippen molar-refractivity contribution in [2.24, 2.45) is 0 Å². The van der Waals surface area contributed by atoms with Crippen molar-refractivity contribution in [3.05, 3.63) is 58.7 Å². The van der Waals surface area contributed by atoms with Crippen molar-refractivity contribution >= 4 is 21.9 Å². The predicted molar refractivity (Wildman–Crippen MR) is 137 cm³/mol. The molecule has 34 heavy (non-hydrogen) atoms. The molecule has 0 saturated heterocycles. The van der Waals surface area contributed by atoms with E-state index in [0.717, 1.165) is 11.1 Å². The fourth-order valence-electron chi connectivity index (χ4n) is 3.47. The van der Waals surface area contributed by atoms with Gasteiger partial charge >= 0.3 is 0 Å². The first-order valence-corrected chi connectivity index (χ1v) is 12.6. The minimum absolute atomic E-state index is 0.0666. The number of aryl methyl sites for hydroxylation is 1. The zero-order chi connectivity index (χ0) is 25.8. The van der Waals surface area contributed by atoms with Gasteiger partial charge in [-0.25, -0.2) is 0 Å². The lowest BCUT2D eigenvalue weighted by Gasteiger charge is -2.22. The summed E-state index contributed by atoms with van der Waals surface area (Å²) in [4.78, 5) is 4.02. The van der Waals surface area contributed by atoms with Crippen LogP contribution in [0.1, 0.15) is 81.5 Å². The Morgan fingerprint density at radius 3 is 1.71 bits per heavy atom. The molecule has 0 spiro atoms. The number of nitrogen functional groups attached to an aromatic ring is 2. The number of anilines is 2. The van der Waals surface area contributed by atoms with E-state index in [2.05, 4.69) is 68.9 Å². The molecule has 0 fully saturated rings. The van der Waals surface area contributed by atoms with Gasteiger partial charge in [-0.3, -0.25) is 4.55 Å². The van der Waals surface area contributed by atoms with Gasteiger partial charge in [-0.2, -0.15) is 13.4 Å². The molecule has 0 aliphatic carbocycles. The zero-order valence-electron chi connectivity index (χ0n) is 20.9. The molecule has 1 aromatic heterocycles. The summed E-state index contributed by atoms with van der Waals surface area (Å²) in [5, 5.41) is 8.16. The van der Waals surface area contributed by atoms with Crippen LogP contribution >= 0.6 is 0 Å². The monoisotopic (exact) mass is 485 g/mol. The molecular formula is C25H35N5O3S. The molecule has 0 bridgehead atoms. The van der Waals surface area contributed by atoms with Crippen molar-refractivity contribution in [1.29, 1.82) is 0 Å². The Labute approximate surface area is 202 Å². The van der Waals surface area contributed by atoms with Crippen LogP contribution in [0.15, 0.2) is 41.3 Å². The molecule has 0 unspecified atom stereocenters. The number of aromatic nitrogens is 3. The van der Waals surface area contributed by atoms with Gasteiger partial charge in [0.1, 0.15) is 5.69 Å². The smallest absolute Gasteiger partial charge is 0.294 e. The third kappa shape index (κ3) is 6.74. The third-order valence-corrected chi connectivity index (χ3v) is 6.29. The van der Waals surface area contributed by atoms with Crippen LogP contribution in [-0.4, -0.2) is 28.2 Å². The molecule has 5 N–H and O–H groups in total. The van der Waals surface area contributed by atoms with Crippen LogP contribution in [0.25, 0.3) is 11.3 Å². The Hall–Kier alpha value is -3.04. The molecule has 8 nitrogen and oxygen atoms in total. The number of rotatable bonds is 5. The summed E-state index contributed by atoms with van der Waals surface area (Å²) in [5.74, 6) is 1.59. The van der Waals surface area contributed by atoms with Gasteiger partial charge in [-0.15, -0.1) is 10.2 Å². The van der Waals surface area contributed by atoms with Crippen molar-refractivity contribution in [3.63, 3.8) is 0 Å². The van der Waals surface area contributed by atoms with Crippen LogP contribution in [0.5, 0.6) is 0 Å². The fourth-order valence-corrected chi connectivity index (χ4v) is 3.95. The summed E-state index contributed by atoms with van der Waals surface area (Å²) in [6, 6.07) is 10.5. The maximum atomic E-state index is 10.5. The van der Waals surface area contributed by atoms with Crippen molar-refractivity contribution in [3.8, 4) is 11.3 Å². The Morgan fingerprint density at radius 2 is 1.32 bits per heavy atom. The molecule has 0 saturated carbocycles. The van der Waals surface area contributed by atoms with E-state index in [1.165, 1.54) is 28.8 Å². The maximum absolute atomic E-state index is 10.5. The van der Waals surface area contributed by atoms with Gasteiger partial charge in [0.15, 0.2) is 5.82 Å². The molecule has 2 aromatic carbocycles. The number of benzene rings is 2. The minimum atomic E-state index is -4.02. The normalized spacial score (nSPS) is 11.6. The first kappa shape index (κ1) is 27.2. The van der Waals surface area contributed by atoms with Crippen LogP contribution in [0.3, 0.4) is 0 Å². The summed E-state index contributed by atoms with van der Waals surface area (Å²) in [7, 11) is -4.02. The van der Waals surface area contributed by atoms with E-state index in [9.17, 15) is 8.42 Å². The summed E-state index contributed by atoms with van der Waals surface area (Å²) in [6.45, 7) is 15.0. The minimum Gasteiger partial charge on any atom is -0.382 e. The van der Waals surface area contributed by atoms with Gasteiger partial charge in [0.05, 0.1) is 4.90 Å². The van der Waals surface area contributed by atoms with Crippen LogP contribution in [0.4, 0.5) is 11.8 Å². The SMILES string of the molecule is CC(C)c1cc(C(C)C)c(-c2nnc(N)nc2N)c(C(C)C)c1.Cc1ccc(S(=O)(=O)O)cc1. The molecule has 0 aliphatic rings. The second-order valence-corrected chi connectivity index (χ2v) is 10.7. The van der Waals surface area contributed by atoms with Gasteiger partial charge < -0.3 is 11.5 Å². The molecule has 3 aromatic rings. The van der Waals surface area contributed by atoms with Crippen molar-refractivity contribution in [2.75, 3.05) is 11.5 Å². The molecular weight excluding hydrogens is 450 g/mol. The molecule has 1 heterocycles. The van der Waals surface area contributed by atoms with Crippen LogP contribution in [0.2, 0.25) is 0 Å². The van der Waals surface area contributed by atoms with E-state index in [1.807, 2.05) is 6.92 Å². The van der Waals surface area contributed by atoms with Crippen LogP contribution in [0, 0.1) is 6.92 Å². The highest BCUT2D eigenvalue weighted by Gasteiger charge is 2.22. The molecule has 184 valence electrons. The number of hydrogen-bond acceptors (Lipinski definition) is 7. The highest BCUT2D eigenvalue weighted by atomic mass is 32.2. The lowest BCUT2D eigenvalue weighted by Crippen LogP contribution is -2.09. The molecule has 0 aliphatic heterocycles. The molecule has 9 heteroatoms. The third-order valence-electron chi connectivity index (χ3n) is 5.42. The topological polar surface area (TPSA) is 145 Å². The van der Waals surface area contributed by atoms with Crippen LogP contribution < -0.4 is 11.5 Å². The molecule has 3 rings (SSSR count).